The van der Waals surface area contributed by atoms with Crippen LogP contribution >= 0.6 is 0 Å². The number of piperidine rings is 1. The van der Waals surface area contributed by atoms with Gasteiger partial charge in [0, 0.05) is 45.3 Å². The summed E-state index contributed by atoms with van der Waals surface area (Å²) in [6, 6.07) is 0. The molecule has 0 radical (unpaired) electrons. The van der Waals surface area contributed by atoms with Crippen LogP contribution in [-0.4, -0.2) is 55.8 Å². The lowest BCUT2D eigenvalue weighted by atomic mass is 9.78. The number of aromatic nitrogens is 4. The van der Waals surface area contributed by atoms with Gasteiger partial charge in [0.05, 0.1) is 11.9 Å². The topological polar surface area (TPSA) is 86.3 Å². The first-order valence-corrected chi connectivity index (χ1v) is 10.3. The maximum absolute atomic E-state index is 12.6. The summed E-state index contributed by atoms with van der Waals surface area (Å²) in [5, 5.41) is 4.14. The summed E-state index contributed by atoms with van der Waals surface area (Å²) in [5.41, 5.74) is 0.395. The molecule has 3 fully saturated rings. The van der Waals surface area contributed by atoms with E-state index < -0.39 is 0 Å². The quantitative estimate of drug-likeness (QED) is 0.803. The van der Waals surface area contributed by atoms with Crippen molar-refractivity contribution in [1.29, 1.82) is 0 Å². The molecule has 1 amide bonds. The minimum atomic E-state index is -0.122. The third kappa shape index (κ3) is 3.57. The Balaban J connectivity index is 1.18. The summed E-state index contributed by atoms with van der Waals surface area (Å²) in [6.07, 6.45) is 10.4. The molecular formula is C20H27N5O3. The summed E-state index contributed by atoms with van der Waals surface area (Å²) in [5.74, 6) is 2.70. The first kappa shape index (κ1) is 17.8. The number of amides is 1. The van der Waals surface area contributed by atoms with Gasteiger partial charge in [-0.25, -0.2) is 4.98 Å². The van der Waals surface area contributed by atoms with Crippen molar-refractivity contribution < 1.29 is 14.1 Å². The fraction of sp³-hybridized carbons (Fsp3) is 0.700. The molecule has 28 heavy (non-hydrogen) atoms. The number of carbonyl (C=O) groups is 1. The van der Waals surface area contributed by atoms with E-state index in [9.17, 15) is 4.79 Å². The van der Waals surface area contributed by atoms with E-state index in [1.54, 1.807) is 17.1 Å². The van der Waals surface area contributed by atoms with Crippen molar-refractivity contribution in [1.82, 2.24) is 24.6 Å². The summed E-state index contributed by atoms with van der Waals surface area (Å²) < 4.78 is 13.5. The van der Waals surface area contributed by atoms with Crippen LogP contribution in [0.5, 0.6) is 0 Å². The Morgan fingerprint density at radius 2 is 2.11 bits per heavy atom. The molecule has 1 aliphatic carbocycles. The number of hydrogen-bond acceptors (Lipinski definition) is 6. The maximum atomic E-state index is 12.6. The van der Waals surface area contributed by atoms with Crippen LogP contribution in [0.15, 0.2) is 17.0 Å². The summed E-state index contributed by atoms with van der Waals surface area (Å²) >= 11 is 0. The Hall–Kier alpha value is -2.22. The van der Waals surface area contributed by atoms with Gasteiger partial charge in [-0.15, -0.1) is 0 Å². The Bertz CT molecular complexity index is 848. The molecule has 2 aromatic heterocycles. The van der Waals surface area contributed by atoms with Crippen molar-refractivity contribution in [2.45, 2.75) is 56.5 Å². The van der Waals surface area contributed by atoms with Gasteiger partial charge in [-0.05, 0) is 44.4 Å². The molecular weight excluding hydrogens is 358 g/mol. The second-order valence-corrected chi connectivity index (χ2v) is 8.63. The van der Waals surface area contributed by atoms with Crippen molar-refractivity contribution >= 4 is 5.91 Å². The summed E-state index contributed by atoms with van der Waals surface area (Å²) in [6.45, 7) is 2.20. The van der Waals surface area contributed by atoms with Crippen LogP contribution in [0.25, 0.3) is 0 Å². The number of nitrogens with zero attached hydrogens (tertiary/aromatic N) is 5. The molecule has 1 atom stereocenters. The average Bonchev–Trinajstić information content (AvgIpc) is 3.29. The molecule has 0 N–H and O–H groups in total. The average molecular weight is 385 g/mol. The van der Waals surface area contributed by atoms with Gasteiger partial charge < -0.3 is 18.7 Å². The van der Waals surface area contributed by atoms with Gasteiger partial charge in [0.1, 0.15) is 5.69 Å². The van der Waals surface area contributed by atoms with E-state index in [0.717, 1.165) is 50.4 Å². The molecule has 5 rings (SSSR count). The third-order valence-electron chi connectivity index (χ3n) is 6.37. The highest BCUT2D eigenvalue weighted by Crippen LogP contribution is 2.40. The molecule has 2 saturated heterocycles. The lowest BCUT2D eigenvalue weighted by Crippen LogP contribution is -2.51. The molecule has 0 bridgehead atoms. The molecule has 2 aliphatic heterocycles. The van der Waals surface area contributed by atoms with E-state index in [1.165, 1.54) is 12.8 Å². The molecule has 8 nitrogen and oxygen atoms in total. The summed E-state index contributed by atoms with van der Waals surface area (Å²) in [4.78, 5) is 23.3. The van der Waals surface area contributed by atoms with Crippen molar-refractivity contribution in [2.75, 3.05) is 19.7 Å². The molecule has 2 aromatic rings. The number of imidazole rings is 1. The van der Waals surface area contributed by atoms with E-state index in [1.807, 2.05) is 11.9 Å². The first-order chi connectivity index (χ1) is 13.6. The van der Waals surface area contributed by atoms with E-state index in [2.05, 4.69) is 15.1 Å². The normalized spacial score (nSPS) is 24.6. The van der Waals surface area contributed by atoms with Gasteiger partial charge in [-0.2, -0.15) is 4.98 Å². The van der Waals surface area contributed by atoms with E-state index in [-0.39, 0.29) is 11.5 Å². The number of aryl methyl sites for hydroxylation is 1. The van der Waals surface area contributed by atoms with Crippen molar-refractivity contribution in [2.24, 2.45) is 13.0 Å². The number of ether oxygens (including phenoxy) is 1. The second-order valence-electron chi connectivity index (χ2n) is 8.63. The summed E-state index contributed by atoms with van der Waals surface area (Å²) in [7, 11) is 1.88. The molecule has 0 aromatic carbocycles. The van der Waals surface area contributed by atoms with Gasteiger partial charge in [-0.1, -0.05) is 5.16 Å². The van der Waals surface area contributed by atoms with Crippen molar-refractivity contribution in [3.8, 4) is 0 Å². The van der Waals surface area contributed by atoms with Crippen LogP contribution in [0.4, 0.5) is 0 Å². The predicted octanol–water partition coefficient (Wildman–Crippen LogP) is 2.32. The highest BCUT2D eigenvalue weighted by Gasteiger charge is 2.42. The number of rotatable bonds is 4. The Kier molecular flexibility index (Phi) is 4.45. The zero-order valence-electron chi connectivity index (χ0n) is 16.3. The van der Waals surface area contributed by atoms with Gasteiger partial charge >= 0.3 is 0 Å². The lowest BCUT2D eigenvalue weighted by Gasteiger charge is -2.46. The second kappa shape index (κ2) is 6.99. The molecule has 1 spiro atoms. The van der Waals surface area contributed by atoms with Crippen LogP contribution in [0.3, 0.4) is 0 Å². The number of likely N-dealkylation sites (tertiary alicyclic amines) is 1. The Morgan fingerprint density at radius 3 is 2.82 bits per heavy atom. The molecule has 1 saturated carbocycles. The highest BCUT2D eigenvalue weighted by atomic mass is 16.5. The van der Waals surface area contributed by atoms with Crippen LogP contribution in [0.2, 0.25) is 0 Å². The van der Waals surface area contributed by atoms with Gasteiger partial charge in [-0.3, -0.25) is 4.79 Å². The Morgan fingerprint density at radius 1 is 1.29 bits per heavy atom. The molecule has 3 aliphatic rings. The monoisotopic (exact) mass is 385 g/mol. The zero-order chi connectivity index (χ0) is 19.1. The van der Waals surface area contributed by atoms with Crippen molar-refractivity contribution in [3.05, 3.63) is 29.9 Å². The number of hydrogen-bond donors (Lipinski definition) is 0. The van der Waals surface area contributed by atoms with Crippen LogP contribution in [-0.2, 0) is 18.2 Å². The molecule has 150 valence electrons. The van der Waals surface area contributed by atoms with Gasteiger partial charge in [0.2, 0.25) is 5.89 Å². The fourth-order valence-electron chi connectivity index (χ4n) is 4.56. The smallest absolute Gasteiger partial charge is 0.274 e. The van der Waals surface area contributed by atoms with Crippen LogP contribution < -0.4 is 0 Å². The SMILES string of the molecule is Cn1cnc(C(=O)N2CCC3(CC2)CC(Cc2nc(C4CC4)no2)CCO3)c1. The maximum Gasteiger partial charge on any atom is 0.274 e. The van der Waals surface area contributed by atoms with Crippen LogP contribution in [0, 0.1) is 5.92 Å². The highest BCUT2D eigenvalue weighted by molar-refractivity contribution is 5.92. The third-order valence-corrected chi connectivity index (χ3v) is 6.37. The zero-order valence-corrected chi connectivity index (χ0v) is 16.3. The van der Waals surface area contributed by atoms with Gasteiger partial charge in [0.15, 0.2) is 5.82 Å². The van der Waals surface area contributed by atoms with Crippen molar-refractivity contribution in [3.63, 3.8) is 0 Å². The minimum absolute atomic E-state index is 0.0151. The lowest BCUT2D eigenvalue weighted by molar-refractivity contribution is -0.124. The minimum Gasteiger partial charge on any atom is -0.375 e. The molecule has 1 unspecified atom stereocenters. The largest absolute Gasteiger partial charge is 0.375 e. The van der Waals surface area contributed by atoms with Crippen LogP contribution in [0.1, 0.15) is 66.6 Å². The van der Waals surface area contributed by atoms with E-state index in [4.69, 9.17) is 9.26 Å². The standard InChI is InChI=1S/C20H27N5O3/c1-24-12-16(21-13-24)19(26)25-7-5-20(6-8-25)11-14(4-9-27-20)10-17-22-18(23-28-17)15-2-3-15/h12-15H,2-11H2,1H3. The fourth-order valence-corrected chi connectivity index (χ4v) is 4.56. The van der Waals surface area contributed by atoms with E-state index in [0.29, 0.717) is 30.6 Å². The predicted molar refractivity (Wildman–Crippen MR) is 99.7 cm³/mol. The van der Waals surface area contributed by atoms with Gasteiger partial charge in [0.25, 0.3) is 5.91 Å². The molecule has 8 heteroatoms. The Labute approximate surface area is 164 Å². The number of carbonyl (C=O) groups excluding carboxylic acids is 1. The molecule has 4 heterocycles. The van der Waals surface area contributed by atoms with E-state index >= 15 is 0 Å². The first-order valence-electron chi connectivity index (χ1n) is 10.3.